The Labute approximate surface area is 165 Å². The Morgan fingerprint density at radius 1 is 1.07 bits per heavy atom. The molecule has 1 unspecified atom stereocenters. The number of nitrogens with zero attached hydrogens (tertiary/aromatic N) is 3. The number of piperidine rings is 1. The summed E-state index contributed by atoms with van der Waals surface area (Å²) in [6.07, 6.45) is 0.156. The van der Waals surface area contributed by atoms with Crippen LogP contribution in [0.3, 0.4) is 0 Å². The molecule has 1 aliphatic rings. The molecule has 2 aromatic carbocycles. The minimum absolute atomic E-state index is 0.00577. The summed E-state index contributed by atoms with van der Waals surface area (Å²) in [4.78, 5) is 3.52. The lowest BCUT2D eigenvalue weighted by molar-refractivity contribution is 0.0470. The first-order valence-electron chi connectivity index (χ1n) is 8.83. The van der Waals surface area contributed by atoms with Crippen LogP contribution < -0.4 is 0 Å². The standard InChI is InChI=1S/C19H16F3N3O3S/c20-14-9-15(21)11-16(10-14)29(26,27)25-8-4-7-19(22,12-25)18-23-17(24-28-18)13-5-2-1-3-6-13/h1-3,5-6,9-11H,4,7-8,12H2. The highest BCUT2D eigenvalue weighted by molar-refractivity contribution is 7.89. The first-order valence-corrected chi connectivity index (χ1v) is 10.3. The molecule has 2 heterocycles. The quantitative estimate of drug-likeness (QED) is 0.640. The van der Waals surface area contributed by atoms with Gasteiger partial charge in [0.15, 0.2) is 0 Å². The van der Waals surface area contributed by atoms with Crippen LogP contribution in [0.5, 0.6) is 0 Å². The lowest BCUT2D eigenvalue weighted by Crippen LogP contribution is -2.46. The van der Waals surface area contributed by atoms with Crippen LogP contribution in [0.15, 0.2) is 57.9 Å². The van der Waals surface area contributed by atoms with Crippen LogP contribution in [-0.4, -0.2) is 36.0 Å². The van der Waals surface area contributed by atoms with Crippen LogP contribution in [0.2, 0.25) is 0 Å². The zero-order chi connectivity index (χ0) is 20.6. The smallest absolute Gasteiger partial charge is 0.266 e. The molecule has 0 spiro atoms. The Morgan fingerprint density at radius 2 is 1.76 bits per heavy atom. The van der Waals surface area contributed by atoms with Gasteiger partial charge in [-0.2, -0.15) is 9.29 Å². The Kier molecular flexibility index (Phi) is 4.91. The summed E-state index contributed by atoms with van der Waals surface area (Å²) in [5.74, 6) is -2.21. The molecule has 1 saturated heterocycles. The van der Waals surface area contributed by atoms with E-state index in [2.05, 4.69) is 10.1 Å². The summed E-state index contributed by atoms with van der Waals surface area (Å²) >= 11 is 0. The van der Waals surface area contributed by atoms with Gasteiger partial charge in [0, 0.05) is 18.2 Å². The fourth-order valence-electron chi connectivity index (χ4n) is 3.29. The van der Waals surface area contributed by atoms with E-state index in [1.807, 2.05) is 0 Å². The summed E-state index contributed by atoms with van der Waals surface area (Å²) in [5.41, 5.74) is -1.58. The maximum absolute atomic E-state index is 15.6. The van der Waals surface area contributed by atoms with Crippen molar-refractivity contribution in [2.24, 2.45) is 0 Å². The summed E-state index contributed by atoms with van der Waals surface area (Å²) in [5, 5.41) is 3.78. The minimum atomic E-state index is -4.31. The molecule has 0 N–H and O–H groups in total. The van der Waals surface area contributed by atoms with Gasteiger partial charge in [-0.3, -0.25) is 0 Å². The summed E-state index contributed by atoms with van der Waals surface area (Å²) in [6, 6.07) is 10.8. The highest BCUT2D eigenvalue weighted by Crippen LogP contribution is 2.37. The highest BCUT2D eigenvalue weighted by atomic mass is 32.2. The van der Waals surface area contributed by atoms with Gasteiger partial charge >= 0.3 is 0 Å². The second kappa shape index (κ2) is 7.27. The van der Waals surface area contributed by atoms with Crippen molar-refractivity contribution in [2.45, 2.75) is 23.4 Å². The predicted molar refractivity (Wildman–Crippen MR) is 96.9 cm³/mol. The van der Waals surface area contributed by atoms with Gasteiger partial charge in [-0.25, -0.2) is 21.6 Å². The number of sulfonamides is 1. The van der Waals surface area contributed by atoms with Gasteiger partial charge in [0.1, 0.15) is 11.6 Å². The minimum Gasteiger partial charge on any atom is -0.335 e. The summed E-state index contributed by atoms with van der Waals surface area (Å²) < 4.78 is 74.1. The molecule has 0 aliphatic carbocycles. The molecule has 1 aromatic heterocycles. The van der Waals surface area contributed by atoms with Crippen LogP contribution in [0, 0.1) is 11.6 Å². The third-order valence-electron chi connectivity index (χ3n) is 4.72. The van der Waals surface area contributed by atoms with Crippen LogP contribution in [0.25, 0.3) is 11.4 Å². The molecule has 0 bridgehead atoms. The fraction of sp³-hybridized carbons (Fsp3) is 0.263. The van der Waals surface area contributed by atoms with Gasteiger partial charge in [0.25, 0.3) is 5.89 Å². The van der Waals surface area contributed by atoms with Crippen molar-refractivity contribution in [3.63, 3.8) is 0 Å². The van der Waals surface area contributed by atoms with E-state index in [1.165, 1.54) is 0 Å². The van der Waals surface area contributed by atoms with Crippen molar-refractivity contribution >= 4 is 10.0 Å². The fourth-order valence-corrected chi connectivity index (χ4v) is 4.85. The molecule has 29 heavy (non-hydrogen) atoms. The number of halogens is 3. The first-order chi connectivity index (χ1) is 13.8. The third-order valence-corrected chi connectivity index (χ3v) is 6.55. The molecule has 1 atom stereocenters. The number of alkyl halides is 1. The van der Waals surface area contributed by atoms with E-state index in [9.17, 15) is 17.2 Å². The third kappa shape index (κ3) is 3.77. The SMILES string of the molecule is O=S(=O)(c1cc(F)cc(F)c1)N1CCCC(F)(c2nc(-c3ccccc3)no2)C1. The molecule has 6 nitrogen and oxygen atoms in total. The van der Waals surface area contributed by atoms with Gasteiger partial charge in [-0.15, -0.1) is 0 Å². The maximum Gasteiger partial charge on any atom is 0.266 e. The Bertz CT molecular complexity index is 1120. The van der Waals surface area contributed by atoms with Gasteiger partial charge < -0.3 is 4.52 Å². The highest BCUT2D eigenvalue weighted by Gasteiger charge is 2.46. The molecule has 4 rings (SSSR count). The first kappa shape index (κ1) is 19.6. The second-order valence-electron chi connectivity index (χ2n) is 6.80. The van der Waals surface area contributed by atoms with Gasteiger partial charge in [0.05, 0.1) is 11.4 Å². The monoisotopic (exact) mass is 423 g/mol. The van der Waals surface area contributed by atoms with Crippen molar-refractivity contribution in [1.29, 1.82) is 0 Å². The van der Waals surface area contributed by atoms with Crippen molar-refractivity contribution in [3.8, 4) is 11.4 Å². The van der Waals surface area contributed by atoms with E-state index in [0.29, 0.717) is 23.8 Å². The molecule has 1 aliphatic heterocycles. The molecule has 0 amide bonds. The summed E-state index contributed by atoms with van der Waals surface area (Å²) in [6.45, 7) is -0.588. The van der Waals surface area contributed by atoms with Crippen LogP contribution in [0.1, 0.15) is 18.7 Å². The Hall–Kier alpha value is -2.72. The predicted octanol–water partition coefficient (Wildman–Crippen LogP) is 3.66. The van der Waals surface area contributed by atoms with E-state index >= 15 is 4.39 Å². The van der Waals surface area contributed by atoms with Crippen molar-refractivity contribution < 1.29 is 26.1 Å². The van der Waals surface area contributed by atoms with E-state index in [1.54, 1.807) is 30.3 Å². The number of aromatic nitrogens is 2. The molecule has 10 heteroatoms. The average Bonchev–Trinajstić information content (AvgIpc) is 3.19. The molecule has 3 aromatic rings. The normalized spacial score (nSPS) is 20.7. The molecular weight excluding hydrogens is 407 g/mol. The lowest BCUT2D eigenvalue weighted by Gasteiger charge is -2.34. The van der Waals surface area contributed by atoms with Crippen molar-refractivity contribution in [1.82, 2.24) is 14.4 Å². The molecule has 152 valence electrons. The molecule has 0 radical (unpaired) electrons. The van der Waals surface area contributed by atoms with Gasteiger partial charge in [-0.1, -0.05) is 35.5 Å². The lowest BCUT2D eigenvalue weighted by atomic mass is 9.96. The van der Waals surface area contributed by atoms with Gasteiger partial charge in [0.2, 0.25) is 21.5 Å². The Balaban J connectivity index is 1.63. The second-order valence-corrected chi connectivity index (χ2v) is 8.74. The zero-order valence-corrected chi connectivity index (χ0v) is 15.9. The maximum atomic E-state index is 15.6. The number of hydrogen-bond acceptors (Lipinski definition) is 5. The van der Waals surface area contributed by atoms with Crippen molar-refractivity contribution in [3.05, 3.63) is 66.1 Å². The summed E-state index contributed by atoms with van der Waals surface area (Å²) in [7, 11) is -4.31. The molecular formula is C19H16F3N3O3S. The van der Waals surface area contributed by atoms with Crippen LogP contribution in [0.4, 0.5) is 13.2 Å². The van der Waals surface area contributed by atoms with Crippen LogP contribution in [-0.2, 0) is 15.7 Å². The average molecular weight is 423 g/mol. The van der Waals surface area contributed by atoms with E-state index in [-0.39, 0.29) is 31.1 Å². The van der Waals surface area contributed by atoms with Gasteiger partial charge in [-0.05, 0) is 25.0 Å². The van der Waals surface area contributed by atoms with E-state index in [4.69, 9.17) is 4.52 Å². The molecule has 0 saturated carbocycles. The zero-order valence-electron chi connectivity index (χ0n) is 15.1. The number of benzene rings is 2. The topological polar surface area (TPSA) is 76.3 Å². The number of rotatable bonds is 4. The number of hydrogen-bond donors (Lipinski definition) is 0. The van der Waals surface area contributed by atoms with Crippen LogP contribution >= 0.6 is 0 Å². The Morgan fingerprint density at radius 3 is 2.45 bits per heavy atom. The van der Waals surface area contributed by atoms with Crippen molar-refractivity contribution in [2.75, 3.05) is 13.1 Å². The largest absolute Gasteiger partial charge is 0.335 e. The molecule has 1 fully saturated rings. The van der Waals surface area contributed by atoms with E-state index < -0.39 is 38.8 Å². The van der Waals surface area contributed by atoms with E-state index in [0.717, 1.165) is 4.31 Å².